The lowest BCUT2D eigenvalue weighted by Crippen LogP contribution is -2.29. The van der Waals surface area contributed by atoms with Crippen LogP contribution >= 0.6 is 0 Å². The van der Waals surface area contributed by atoms with Crippen LogP contribution in [0.4, 0.5) is 23.2 Å². The van der Waals surface area contributed by atoms with Crippen LogP contribution < -0.4 is 26.1 Å². The summed E-state index contributed by atoms with van der Waals surface area (Å²) in [4.78, 5) is 26.2. The topological polar surface area (TPSA) is 137 Å². The standard InChI is InChI=1S/C30H22F4N6O4/c1-39-24-12-22(17(13-35)14-36)26(10-16(24)15-37-39)43-25-8-4-19(11-23(25)32)38-28(41)21-7-9-27(44-30(33)34)40(29(21)42)20-5-2-18(31)3-6-20/h2-15,30,35H,36H2,1H3,(H,38,41)/b17-14+,35-13?. The molecule has 1 amide bonds. The molecule has 0 saturated carbocycles. The zero-order valence-electron chi connectivity index (χ0n) is 22.7. The molecule has 0 radical (unpaired) electrons. The average molecular weight is 607 g/mol. The minimum absolute atomic E-state index is 0.0336. The minimum atomic E-state index is -3.28. The maximum atomic E-state index is 15.2. The summed E-state index contributed by atoms with van der Waals surface area (Å²) in [5, 5.41) is 15.0. The van der Waals surface area contributed by atoms with Gasteiger partial charge in [0.15, 0.2) is 11.6 Å². The van der Waals surface area contributed by atoms with Gasteiger partial charge in [0, 0.05) is 53.8 Å². The van der Waals surface area contributed by atoms with Crippen LogP contribution in [0, 0.1) is 17.0 Å². The van der Waals surface area contributed by atoms with Crippen molar-refractivity contribution < 1.29 is 31.8 Å². The lowest BCUT2D eigenvalue weighted by molar-refractivity contribution is -0.0544. The molecule has 0 atom stereocenters. The van der Waals surface area contributed by atoms with Crippen molar-refractivity contribution >= 4 is 34.3 Å². The van der Waals surface area contributed by atoms with E-state index in [4.69, 9.17) is 15.9 Å². The van der Waals surface area contributed by atoms with E-state index in [0.717, 1.165) is 54.2 Å². The minimum Gasteiger partial charge on any atom is -0.454 e. The normalized spacial score (nSPS) is 11.5. The number of alkyl halides is 2. The third-order valence-electron chi connectivity index (χ3n) is 6.49. The number of ether oxygens (including phenoxy) is 2. The second-order valence-corrected chi connectivity index (χ2v) is 9.22. The molecule has 44 heavy (non-hydrogen) atoms. The number of amides is 1. The van der Waals surface area contributed by atoms with Crippen LogP contribution in [0.2, 0.25) is 0 Å². The summed E-state index contributed by atoms with van der Waals surface area (Å²) < 4.78 is 67.2. The van der Waals surface area contributed by atoms with E-state index in [-0.39, 0.29) is 22.9 Å². The molecular weight excluding hydrogens is 584 g/mol. The van der Waals surface area contributed by atoms with E-state index >= 15 is 4.39 Å². The van der Waals surface area contributed by atoms with Gasteiger partial charge in [0.25, 0.3) is 11.5 Å². The van der Waals surface area contributed by atoms with Gasteiger partial charge < -0.3 is 25.9 Å². The molecule has 0 aliphatic heterocycles. The van der Waals surface area contributed by atoms with Crippen molar-refractivity contribution in [3.63, 3.8) is 0 Å². The molecule has 0 fully saturated rings. The Morgan fingerprint density at radius 1 is 1.02 bits per heavy atom. The highest BCUT2D eigenvalue weighted by atomic mass is 19.3. The second-order valence-electron chi connectivity index (χ2n) is 9.22. The Labute approximate surface area is 246 Å². The molecule has 2 aromatic heterocycles. The van der Waals surface area contributed by atoms with Crippen LogP contribution in [0.5, 0.6) is 17.4 Å². The number of nitrogens with zero attached hydrogens (tertiary/aromatic N) is 3. The smallest absolute Gasteiger partial charge is 0.388 e. The first-order valence-corrected chi connectivity index (χ1v) is 12.7. The van der Waals surface area contributed by atoms with Gasteiger partial charge in [-0.1, -0.05) is 0 Å². The van der Waals surface area contributed by atoms with Crippen LogP contribution in [0.3, 0.4) is 0 Å². The van der Waals surface area contributed by atoms with Crippen LogP contribution in [0.1, 0.15) is 15.9 Å². The summed E-state index contributed by atoms with van der Waals surface area (Å²) >= 11 is 0. The van der Waals surface area contributed by atoms with E-state index in [0.29, 0.717) is 21.1 Å². The van der Waals surface area contributed by atoms with E-state index in [1.807, 2.05) is 0 Å². The number of carbonyl (C=O) groups excluding carboxylic acids is 1. The van der Waals surface area contributed by atoms with Crippen molar-refractivity contribution in [1.29, 1.82) is 5.41 Å². The monoisotopic (exact) mass is 606 g/mol. The number of aryl methyl sites for hydroxylation is 1. The number of hydrogen-bond donors (Lipinski definition) is 3. The van der Waals surface area contributed by atoms with Crippen molar-refractivity contribution in [1.82, 2.24) is 14.3 Å². The molecule has 4 N–H and O–H groups in total. The number of carbonyl (C=O) groups is 1. The summed E-state index contributed by atoms with van der Waals surface area (Å²) in [6.45, 7) is -3.28. The highest BCUT2D eigenvalue weighted by molar-refractivity contribution is 6.10. The first-order chi connectivity index (χ1) is 21.1. The van der Waals surface area contributed by atoms with Gasteiger partial charge in [-0.25, -0.2) is 13.3 Å². The lowest BCUT2D eigenvalue weighted by atomic mass is 10.0. The van der Waals surface area contributed by atoms with Crippen LogP contribution in [-0.4, -0.2) is 33.1 Å². The Balaban J connectivity index is 1.44. The number of benzene rings is 3. The molecule has 10 nitrogen and oxygen atoms in total. The van der Waals surface area contributed by atoms with Crippen LogP contribution in [0.25, 0.3) is 22.2 Å². The first kappa shape index (κ1) is 29.6. The summed E-state index contributed by atoms with van der Waals surface area (Å²) in [6.07, 6.45) is 3.83. The predicted octanol–water partition coefficient (Wildman–Crippen LogP) is 5.60. The van der Waals surface area contributed by atoms with E-state index in [1.54, 1.807) is 30.1 Å². The number of nitrogens with one attached hydrogen (secondary N) is 2. The number of pyridine rings is 1. The van der Waals surface area contributed by atoms with Crippen LogP contribution in [-0.2, 0) is 7.05 Å². The maximum absolute atomic E-state index is 15.2. The summed E-state index contributed by atoms with van der Waals surface area (Å²) in [6, 6.07) is 13.1. The Kier molecular flexibility index (Phi) is 8.15. The molecule has 0 saturated heterocycles. The summed E-state index contributed by atoms with van der Waals surface area (Å²) in [7, 11) is 1.74. The molecule has 0 aliphatic carbocycles. The Hall–Kier alpha value is -5.92. The largest absolute Gasteiger partial charge is 0.454 e. The number of anilines is 1. The van der Waals surface area contributed by atoms with Gasteiger partial charge in [-0.15, -0.1) is 0 Å². The number of allylic oxidation sites excluding steroid dienone is 1. The van der Waals surface area contributed by atoms with Crippen molar-refractivity contribution in [2.24, 2.45) is 12.8 Å². The van der Waals surface area contributed by atoms with Gasteiger partial charge in [-0.3, -0.25) is 14.3 Å². The number of rotatable bonds is 9. The number of fused-ring (bicyclic) bond motifs is 1. The molecule has 2 heterocycles. The number of halogens is 4. The van der Waals surface area contributed by atoms with Gasteiger partial charge in [-0.2, -0.15) is 13.9 Å². The third kappa shape index (κ3) is 5.86. The first-order valence-electron chi connectivity index (χ1n) is 12.7. The SMILES string of the molecule is Cn1ncc2cc(Oc3ccc(NC(=O)c4ccc(OC(F)F)n(-c5ccc(F)cc5)c4=O)cc3F)c(/C(C=N)=C/N)cc21. The van der Waals surface area contributed by atoms with Gasteiger partial charge in [0.2, 0.25) is 5.88 Å². The maximum Gasteiger partial charge on any atom is 0.388 e. The highest BCUT2D eigenvalue weighted by Gasteiger charge is 2.20. The predicted molar refractivity (Wildman–Crippen MR) is 155 cm³/mol. The van der Waals surface area contributed by atoms with E-state index in [9.17, 15) is 22.8 Å². The molecule has 0 spiro atoms. The molecule has 224 valence electrons. The molecule has 0 aliphatic rings. The molecule has 5 aromatic rings. The molecule has 5 rings (SSSR count). The Morgan fingerprint density at radius 2 is 1.77 bits per heavy atom. The van der Waals surface area contributed by atoms with Crippen LogP contribution in [0.15, 0.2) is 83.9 Å². The zero-order valence-corrected chi connectivity index (χ0v) is 22.7. The zero-order chi connectivity index (χ0) is 31.5. The molecule has 14 heteroatoms. The highest BCUT2D eigenvalue weighted by Crippen LogP contribution is 2.35. The van der Waals surface area contributed by atoms with Crippen molar-refractivity contribution in [3.05, 3.63) is 112 Å². The third-order valence-corrected chi connectivity index (χ3v) is 6.49. The molecule has 3 aromatic carbocycles. The number of hydrogen-bond acceptors (Lipinski definition) is 7. The average Bonchev–Trinajstić information content (AvgIpc) is 3.34. The summed E-state index contributed by atoms with van der Waals surface area (Å²) in [5.74, 6) is -3.11. The lowest BCUT2D eigenvalue weighted by Gasteiger charge is -2.15. The van der Waals surface area contributed by atoms with E-state index in [2.05, 4.69) is 15.2 Å². The van der Waals surface area contributed by atoms with Gasteiger partial charge in [0.05, 0.1) is 17.4 Å². The quantitative estimate of drug-likeness (QED) is 0.148. The molecule has 0 unspecified atom stereocenters. The van der Waals surface area contributed by atoms with E-state index in [1.165, 1.54) is 18.3 Å². The molecular formula is C30H22F4N6O4. The fraction of sp³-hybridized carbons (Fsp3) is 0.0667. The number of aromatic nitrogens is 3. The fourth-order valence-electron chi connectivity index (χ4n) is 4.39. The van der Waals surface area contributed by atoms with Gasteiger partial charge in [0.1, 0.15) is 17.1 Å². The Bertz CT molecular complexity index is 1990. The van der Waals surface area contributed by atoms with Gasteiger partial charge in [-0.05, 0) is 54.6 Å². The Morgan fingerprint density at radius 3 is 2.43 bits per heavy atom. The van der Waals surface area contributed by atoms with Crippen molar-refractivity contribution in [2.45, 2.75) is 6.61 Å². The van der Waals surface area contributed by atoms with Gasteiger partial charge >= 0.3 is 6.61 Å². The molecule has 0 bridgehead atoms. The van der Waals surface area contributed by atoms with Crippen molar-refractivity contribution in [2.75, 3.05) is 5.32 Å². The second kappa shape index (κ2) is 12.1. The fourth-order valence-corrected chi connectivity index (χ4v) is 4.39. The number of nitrogens with two attached hydrogens (primary N) is 1. The van der Waals surface area contributed by atoms with Crippen molar-refractivity contribution in [3.8, 4) is 23.1 Å². The van der Waals surface area contributed by atoms with E-state index < -0.39 is 41.2 Å². The summed E-state index contributed by atoms with van der Waals surface area (Å²) in [5.41, 5.74) is 5.51.